The van der Waals surface area contributed by atoms with Gasteiger partial charge in [-0.05, 0) is 67.2 Å². The van der Waals surface area contributed by atoms with E-state index < -0.39 is 0 Å². The Labute approximate surface area is 155 Å². The van der Waals surface area contributed by atoms with Gasteiger partial charge in [0, 0.05) is 12.7 Å². The molecule has 0 unspecified atom stereocenters. The molecule has 0 spiro atoms. The van der Waals surface area contributed by atoms with Crippen molar-refractivity contribution in [1.82, 2.24) is 4.90 Å². The predicted molar refractivity (Wildman–Crippen MR) is 102 cm³/mol. The first-order chi connectivity index (χ1) is 12.9. The molecule has 5 rings (SSSR count). The number of nitrogens with zero attached hydrogens (tertiary/aromatic N) is 2. The highest BCUT2D eigenvalue weighted by Crippen LogP contribution is 2.49. The van der Waals surface area contributed by atoms with Gasteiger partial charge in [0.25, 0.3) is 6.02 Å². The smallest absolute Gasteiger partial charge is 0.292 e. The minimum absolute atomic E-state index is 0.0611. The Morgan fingerprint density at radius 2 is 1.77 bits per heavy atom. The molecule has 0 N–H and O–H groups in total. The molecule has 2 aliphatic heterocycles. The number of hydrogen-bond donors (Lipinski definition) is 0. The molecule has 0 radical (unpaired) electrons. The maximum absolute atomic E-state index is 6.01. The Morgan fingerprint density at radius 3 is 2.46 bits per heavy atom. The van der Waals surface area contributed by atoms with Gasteiger partial charge in [0.1, 0.15) is 12.4 Å². The molecule has 2 aliphatic carbocycles. The zero-order valence-corrected chi connectivity index (χ0v) is 15.3. The fraction of sp³-hybridized carbons (Fsp3) is 0.591. The van der Waals surface area contributed by atoms with Crippen LogP contribution in [-0.4, -0.2) is 36.7 Å². The van der Waals surface area contributed by atoms with Crippen molar-refractivity contribution in [3.8, 4) is 5.75 Å². The fourth-order valence-corrected chi connectivity index (χ4v) is 5.42. The van der Waals surface area contributed by atoms with Crippen LogP contribution in [0.1, 0.15) is 50.0 Å². The van der Waals surface area contributed by atoms with E-state index >= 15 is 0 Å². The van der Waals surface area contributed by atoms with E-state index in [9.17, 15) is 0 Å². The van der Waals surface area contributed by atoms with Crippen molar-refractivity contribution in [2.75, 3.05) is 19.7 Å². The summed E-state index contributed by atoms with van der Waals surface area (Å²) >= 11 is 0. The van der Waals surface area contributed by atoms with Crippen molar-refractivity contribution in [3.63, 3.8) is 0 Å². The van der Waals surface area contributed by atoms with Crippen LogP contribution < -0.4 is 4.74 Å². The van der Waals surface area contributed by atoms with Crippen LogP contribution in [-0.2, 0) is 4.74 Å². The summed E-state index contributed by atoms with van der Waals surface area (Å²) in [6.45, 7) is 2.31. The molecule has 3 fully saturated rings. The van der Waals surface area contributed by atoms with Crippen molar-refractivity contribution in [2.45, 2.75) is 50.5 Å². The summed E-state index contributed by atoms with van der Waals surface area (Å²) < 4.78 is 11.9. The summed E-state index contributed by atoms with van der Waals surface area (Å²) in [6.07, 6.45) is 12.5. The van der Waals surface area contributed by atoms with Gasteiger partial charge in [-0.2, -0.15) is 0 Å². The first-order valence-electron chi connectivity index (χ1n) is 10.2. The molecule has 4 heteroatoms. The minimum atomic E-state index is 0.0611. The maximum atomic E-state index is 6.01. The standard InChI is InChI=1S/C22H28N2O2/c1-4-16-6-2-7-17(5-1)21(16)18-8-10-19(11-9-18)25-15-20-14-24-13-3-12-23-22(24)26-20/h3,8-12,16-17,20-21H,1-2,4-7,13-15H2/t16?,17?,20-,21?/m0/s1. The lowest BCUT2D eigenvalue weighted by atomic mass is 9.62. The van der Waals surface area contributed by atoms with Crippen LogP contribution in [0.25, 0.3) is 0 Å². The molecular weight excluding hydrogens is 324 g/mol. The van der Waals surface area contributed by atoms with Gasteiger partial charge in [-0.25, -0.2) is 4.99 Å². The van der Waals surface area contributed by atoms with Crippen LogP contribution in [0.2, 0.25) is 0 Å². The molecule has 26 heavy (non-hydrogen) atoms. The second-order valence-corrected chi connectivity index (χ2v) is 8.23. The summed E-state index contributed by atoms with van der Waals surface area (Å²) in [7, 11) is 0. The van der Waals surface area contributed by atoms with Crippen LogP contribution in [0, 0.1) is 11.8 Å². The van der Waals surface area contributed by atoms with E-state index in [2.05, 4.69) is 40.2 Å². The first-order valence-corrected chi connectivity index (χ1v) is 10.2. The van der Waals surface area contributed by atoms with Crippen LogP contribution in [0.3, 0.4) is 0 Å². The molecule has 1 saturated heterocycles. The number of ether oxygens (including phenoxy) is 2. The Morgan fingerprint density at radius 1 is 1.04 bits per heavy atom. The predicted octanol–water partition coefficient (Wildman–Crippen LogP) is 4.33. The summed E-state index contributed by atoms with van der Waals surface area (Å²) in [6, 6.07) is 9.66. The highest BCUT2D eigenvalue weighted by Gasteiger charge is 2.37. The van der Waals surface area contributed by atoms with E-state index in [4.69, 9.17) is 9.47 Å². The third-order valence-corrected chi connectivity index (χ3v) is 6.60. The molecule has 2 saturated carbocycles. The average Bonchev–Trinajstić information content (AvgIpc) is 3.09. The summed E-state index contributed by atoms with van der Waals surface area (Å²) in [5.41, 5.74) is 1.53. The van der Waals surface area contributed by atoms with Gasteiger partial charge in [0.15, 0.2) is 6.10 Å². The molecular formula is C22H28N2O2. The summed E-state index contributed by atoms with van der Waals surface area (Å²) in [5, 5.41) is 0. The van der Waals surface area contributed by atoms with Crippen molar-refractivity contribution < 1.29 is 9.47 Å². The second-order valence-electron chi connectivity index (χ2n) is 8.23. The lowest BCUT2D eigenvalue weighted by molar-refractivity contribution is 0.145. The van der Waals surface area contributed by atoms with Crippen molar-refractivity contribution in [2.24, 2.45) is 16.8 Å². The molecule has 0 aromatic heterocycles. The van der Waals surface area contributed by atoms with Crippen LogP contribution in [0.5, 0.6) is 5.75 Å². The molecule has 1 aromatic carbocycles. The number of hydrogen-bond acceptors (Lipinski definition) is 4. The molecule has 1 aromatic rings. The summed E-state index contributed by atoms with van der Waals surface area (Å²) in [5.74, 6) is 3.55. The number of rotatable bonds is 4. The Bertz CT molecular complexity index is 675. The van der Waals surface area contributed by atoms with Crippen LogP contribution >= 0.6 is 0 Å². The van der Waals surface area contributed by atoms with E-state index in [0.717, 1.165) is 42.6 Å². The molecule has 4 nitrogen and oxygen atoms in total. The third-order valence-electron chi connectivity index (χ3n) is 6.60. The zero-order valence-electron chi connectivity index (χ0n) is 15.3. The maximum Gasteiger partial charge on any atom is 0.292 e. The van der Waals surface area contributed by atoms with E-state index in [1.54, 1.807) is 0 Å². The van der Waals surface area contributed by atoms with Crippen molar-refractivity contribution in [1.29, 1.82) is 0 Å². The molecule has 4 aliphatic rings. The highest BCUT2D eigenvalue weighted by molar-refractivity contribution is 5.77. The zero-order chi connectivity index (χ0) is 17.3. The van der Waals surface area contributed by atoms with Gasteiger partial charge in [-0.3, -0.25) is 0 Å². The van der Waals surface area contributed by atoms with Crippen molar-refractivity contribution in [3.05, 3.63) is 42.1 Å². The Hall–Kier alpha value is -1.97. The van der Waals surface area contributed by atoms with Gasteiger partial charge in [0.2, 0.25) is 0 Å². The lowest BCUT2D eigenvalue weighted by Gasteiger charge is -2.43. The number of aliphatic imine (C=N–C) groups is 1. The summed E-state index contributed by atoms with van der Waals surface area (Å²) in [4.78, 5) is 6.42. The molecule has 2 bridgehead atoms. The van der Waals surface area contributed by atoms with E-state index in [1.165, 1.54) is 44.1 Å². The lowest BCUT2D eigenvalue weighted by Crippen LogP contribution is -2.30. The Kier molecular flexibility index (Phi) is 4.35. The number of fused-ring (bicyclic) bond motifs is 3. The largest absolute Gasteiger partial charge is 0.490 e. The molecule has 0 amide bonds. The van der Waals surface area contributed by atoms with Gasteiger partial charge >= 0.3 is 0 Å². The van der Waals surface area contributed by atoms with Crippen LogP contribution in [0.15, 0.2) is 41.5 Å². The first kappa shape index (κ1) is 16.2. The van der Waals surface area contributed by atoms with E-state index in [0.29, 0.717) is 6.61 Å². The van der Waals surface area contributed by atoms with Gasteiger partial charge in [-0.15, -0.1) is 0 Å². The van der Waals surface area contributed by atoms with Gasteiger partial charge in [-0.1, -0.05) is 25.0 Å². The normalized spacial score (nSPS) is 32.6. The monoisotopic (exact) mass is 352 g/mol. The fourth-order valence-electron chi connectivity index (χ4n) is 5.42. The SMILES string of the molecule is C1=CN=C2O[C@H](COc3ccc(C4C5CCCC4CCC5)cc3)CN2C1. The second kappa shape index (κ2) is 6.98. The van der Waals surface area contributed by atoms with Crippen molar-refractivity contribution >= 4 is 6.02 Å². The quantitative estimate of drug-likeness (QED) is 0.809. The molecule has 138 valence electrons. The van der Waals surface area contributed by atoms with E-state index in [-0.39, 0.29) is 6.10 Å². The molecule has 1 atom stereocenters. The average molecular weight is 352 g/mol. The van der Waals surface area contributed by atoms with Crippen LogP contribution in [0.4, 0.5) is 0 Å². The third kappa shape index (κ3) is 3.10. The topological polar surface area (TPSA) is 34.1 Å². The molecule has 2 heterocycles. The Balaban J connectivity index is 1.19. The van der Waals surface area contributed by atoms with Gasteiger partial charge in [0.05, 0.1) is 6.54 Å². The number of benzene rings is 1. The minimum Gasteiger partial charge on any atom is -0.490 e. The number of amidine groups is 1. The van der Waals surface area contributed by atoms with Gasteiger partial charge < -0.3 is 14.4 Å². The van der Waals surface area contributed by atoms with E-state index in [1.807, 2.05) is 6.20 Å². The highest BCUT2D eigenvalue weighted by atomic mass is 16.6.